The van der Waals surface area contributed by atoms with E-state index >= 15 is 0 Å². The number of aliphatic hydroxyl groups excluding tert-OH is 2. The summed E-state index contributed by atoms with van der Waals surface area (Å²) in [5.74, 6) is -3.98. The van der Waals surface area contributed by atoms with E-state index in [2.05, 4.69) is 9.80 Å². The lowest BCUT2D eigenvalue weighted by molar-refractivity contribution is -0.320. The number of aliphatic hydroxyl groups is 4. The minimum Gasteiger partial charge on any atom is -0.477 e. The lowest BCUT2D eigenvalue weighted by Crippen LogP contribution is -2.61. The average molecular weight is 1170 g/mol. The van der Waals surface area contributed by atoms with Crippen LogP contribution in [0.4, 0.5) is 5.69 Å². The van der Waals surface area contributed by atoms with Gasteiger partial charge in [-0.3, -0.25) is 14.5 Å². The average Bonchev–Trinajstić information content (AvgIpc) is 3.35. The number of carbonyl (C=O) groups excluding carboxylic acids is 1. The highest BCUT2D eigenvalue weighted by molar-refractivity contribution is 14.1. The van der Waals surface area contributed by atoms with Gasteiger partial charge in [-0.2, -0.15) is 0 Å². The van der Waals surface area contributed by atoms with E-state index in [0.29, 0.717) is 56.7 Å². The van der Waals surface area contributed by atoms with Crippen LogP contribution in [0.2, 0.25) is 0 Å². The first kappa shape index (κ1) is 61.6. The zero-order valence-corrected chi connectivity index (χ0v) is 48.8. The molecule has 1 aromatic heterocycles. The summed E-state index contributed by atoms with van der Waals surface area (Å²) in [7, 11) is 7.22. The standard InChI is InChI=1S/C54H88IN5O15/c1-15-59-29-38(48(64)65)42(61)37-25-36(16-17-39(37)59)60-20-18-58(19-21-60)22-23-70-47-35(7)72-41(27-53(47,9)69-14)73-44-32(4)46(74-50-43(62)40(56(11)12)24-31(3)71-50)52(8,67)26-30(2)28-57(13)34(6)45(63)54(10,68)51(55)75-49(66)33(44)5/h16-17,25,29-35,40-41,43-47,50-51,62-63,67-68H,15,18-24,26-28H2,1-14H3,(H,64,65)/t30-,31-,32+,33-,34-,35+,40+,41?,43-,44+,45-,46-,47+,50+,51+,52-,53-,54+/m1/s1. The molecule has 1 aromatic carbocycles. The van der Waals surface area contributed by atoms with Crippen LogP contribution in [0.3, 0.4) is 0 Å². The first-order valence-electron chi connectivity index (χ1n) is 26.7. The number of halogens is 1. The van der Waals surface area contributed by atoms with Gasteiger partial charge in [0.2, 0.25) is 5.43 Å². The van der Waals surface area contributed by atoms with Crippen molar-refractivity contribution >= 4 is 51.1 Å². The Bertz CT molecular complexity index is 2300. The number of piperazine rings is 1. The van der Waals surface area contributed by atoms with Crippen LogP contribution in [0.1, 0.15) is 98.9 Å². The second-order valence-corrected chi connectivity index (χ2v) is 24.1. The molecule has 4 fully saturated rings. The third-order valence-electron chi connectivity index (χ3n) is 16.6. The number of esters is 1. The number of carboxylic acid groups (broad SMARTS) is 1. The highest BCUT2D eigenvalue weighted by atomic mass is 127. The van der Waals surface area contributed by atoms with Gasteiger partial charge in [-0.1, -0.05) is 13.8 Å². The SMILES string of the molecule is CCn1cc(C(=O)O)c(=O)c2cc(N3CCN(CCO[C@H]4[C@H](C)OC(O[C@H]5[C@H](C)[C@@H](O[C@@H]6O[C@H](C)C[C@H](N(C)C)[C@H]6O)[C@](C)(O)C[C@@H](C)CN(C)[C@H](C)[C@@H](O)[C@](C)(O)[C@@H](I)OC(=O)[C@@H]5C)C[C@@]4(C)OC)CC3)ccc21. The summed E-state index contributed by atoms with van der Waals surface area (Å²) in [4.78, 5) is 47.9. The number of ether oxygens (including phenoxy) is 7. The van der Waals surface area contributed by atoms with Crippen molar-refractivity contribution in [3.8, 4) is 0 Å². The summed E-state index contributed by atoms with van der Waals surface area (Å²) in [5, 5.41) is 57.9. The Morgan fingerprint density at radius 3 is 2.23 bits per heavy atom. The highest BCUT2D eigenvalue weighted by Gasteiger charge is 2.53. The summed E-state index contributed by atoms with van der Waals surface area (Å²) in [5.41, 5.74) is -3.58. The molecule has 1 unspecified atom stereocenters. The topological polar surface area (TPSA) is 235 Å². The molecule has 2 aromatic rings. The number of benzene rings is 1. The van der Waals surface area contributed by atoms with Gasteiger partial charge in [-0.15, -0.1) is 0 Å². The maximum absolute atomic E-state index is 14.5. The summed E-state index contributed by atoms with van der Waals surface area (Å²) in [6.07, 6.45) is -5.64. The molecule has 0 aliphatic carbocycles. The molecule has 4 saturated heterocycles. The second kappa shape index (κ2) is 25.2. The van der Waals surface area contributed by atoms with Gasteiger partial charge in [0.05, 0.1) is 53.7 Å². The van der Waals surface area contributed by atoms with Crippen molar-refractivity contribution in [2.24, 2.45) is 17.8 Å². The number of hydrogen-bond donors (Lipinski definition) is 5. The van der Waals surface area contributed by atoms with Crippen LogP contribution in [0, 0.1) is 17.8 Å². The molecular weight excluding hydrogens is 1090 g/mol. The summed E-state index contributed by atoms with van der Waals surface area (Å²) in [6.45, 7) is 22.9. The number of likely N-dealkylation sites (N-methyl/N-ethyl adjacent to an activating group) is 2. The van der Waals surface area contributed by atoms with Gasteiger partial charge in [0.15, 0.2) is 16.7 Å². The predicted octanol–water partition coefficient (Wildman–Crippen LogP) is 3.76. The maximum Gasteiger partial charge on any atom is 0.341 e. The number of carbonyl (C=O) groups is 2. The van der Waals surface area contributed by atoms with E-state index in [-0.39, 0.29) is 36.5 Å². The molecule has 4 aliphatic heterocycles. The molecule has 6 rings (SSSR count). The van der Waals surface area contributed by atoms with Crippen molar-refractivity contribution in [2.45, 2.75) is 183 Å². The predicted molar refractivity (Wildman–Crippen MR) is 291 cm³/mol. The Kier molecular flexibility index (Phi) is 20.7. The van der Waals surface area contributed by atoms with E-state index in [1.807, 2.05) is 107 Å². The number of rotatable bonds is 13. The molecule has 0 radical (unpaired) electrons. The zero-order chi connectivity index (χ0) is 55.6. The smallest absolute Gasteiger partial charge is 0.341 e. The first-order valence-corrected chi connectivity index (χ1v) is 28.0. The minimum atomic E-state index is -1.86. The lowest BCUT2D eigenvalue weighted by atomic mass is 9.77. The molecule has 426 valence electrons. The number of nitrogens with zero attached hydrogens (tertiary/aromatic N) is 5. The monoisotopic (exact) mass is 1170 g/mol. The molecule has 0 amide bonds. The fourth-order valence-electron chi connectivity index (χ4n) is 12.0. The molecule has 0 spiro atoms. The van der Waals surface area contributed by atoms with Crippen LogP contribution >= 0.6 is 22.6 Å². The minimum absolute atomic E-state index is 0.175. The van der Waals surface area contributed by atoms with Crippen molar-refractivity contribution < 1.29 is 68.3 Å². The third-order valence-corrected chi connectivity index (χ3v) is 18.2. The molecule has 4 aliphatic rings. The van der Waals surface area contributed by atoms with Crippen molar-refractivity contribution in [1.29, 1.82) is 0 Å². The lowest BCUT2D eigenvalue weighted by Gasteiger charge is -2.49. The van der Waals surface area contributed by atoms with Crippen LogP contribution in [0.15, 0.2) is 29.2 Å². The van der Waals surface area contributed by atoms with E-state index < -0.39 is 105 Å². The molecule has 5 heterocycles. The van der Waals surface area contributed by atoms with Crippen LogP contribution in [0.25, 0.3) is 10.9 Å². The molecule has 0 saturated carbocycles. The van der Waals surface area contributed by atoms with Crippen molar-refractivity contribution in [3.63, 3.8) is 0 Å². The largest absolute Gasteiger partial charge is 0.477 e. The van der Waals surface area contributed by atoms with E-state index in [9.17, 15) is 39.9 Å². The number of aromatic nitrogens is 1. The van der Waals surface area contributed by atoms with Gasteiger partial charge in [0, 0.05) is 94.6 Å². The van der Waals surface area contributed by atoms with Gasteiger partial charge >= 0.3 is 11.9 Å². The number of pyridine rings is 1. The van der Waals surface area contributed by atoms with Gasteiger partial charge < -0.3 is 78.0 Å². The van der Waals surface area contributed by atoms with Crippen molar-refractivity contribution in [2.75, 3.05) is 79.0 Å². The number of aromatic carboxylic acids is 1. The van der Waals surface area contributed by atoms with E-state index in [4.69, 9.17) is 33.2 Å². The normalized spacial score (nSPS) is 39.5. The van der Waals surface area contributed by atoms with Crippen molar-refractivity contribution in [1.82, 2.24) is 19.3 Å². The number of methoxy groups -OCH3 is 1. The number of anilines is 1. The number of carboxylic acids is 1. The Labute approximate surface area is 456 Å². The Balaban J connectivity index is 1.20. The second-order valence-electron chi connectivity index (χ2n) is 22.9. The van der Waals surface area contributed by atoms with E-state index in [1.54, 1.807) is 38.5 Å². The number of hydrogen-bond acceptors (Lipinski definition) is 18. The molecular formula is C54H88IN5O15. The summed E-state index contributed by atoms with van der Waals surface area (Å²) < 4.78 is 46.2. The zero-order valence-electron chi connectivity index (χ0n) is 46.7. The number of fused-ring (bicyclic) bond motifs is 1. The van der Waals surface area contributed by atoms with Crippen LogP contribution in [-0.4, -0.2) is 219 Å². The third kappa shape index (κ3) is 13.9. The first-order chi connectivity index (χ1) is 35.0. The summed E-state index contributed by atoms with van der Waals surface area (Å²) >= 11 is 1.84. The van der Waals surface area contributed by atoms with E-state index in [1.165, 1.54) is 13.1 Å². The highest BCUT2D eigenvalue weighted by Crippen LogP contribution is 2.41. The fourth-order valence-corrected chi connectivity index (χ4v) is 12.6. The maximum atomic E-state index is 14.5. The van der Waals surface area contributed by atoms with Crippen LogP contribution < -0.4 is 10.3 Å². The number of alkyl halides is 1. The van der Waals surface area contributed by atoms with E-state index in [0.717, 1.165) is 18.8 Å². The van der Waals surface area contributed by atoms with Gasteiger partial charge in [-0.05, 0) is 136 Å². The Hall–Kier alpha value is -2.62. The molecule has 0 bridgehead atoms. The molecule has 5 N–H and O–H groups in total. The number of aryl methyl sites for hydroxylation is 1. The van der Waals surface area contributed by atoms with Gasteiger partial charge in [0.25, 0.3) is 0 Å². The molecule has 20 nitrogen and oxygen atoms in total. The van der Waals surface area contributed by atoms with Crippen molar-refractivity contribution in [3.05, 3.63) is 40.2 Å². The fraction of sp³-hybridized carbons (Fsp3) is 0.796. The molecule has 75 heavy (non-hydrogen) atoms. The Morgan fingerprint density at radius 2 is 1.61 bits per heavy atom. The van der Waals surface area contributed by atoms with Crippen LogP contribution in [-0.2, 0) is 44.5 Å². The van der Waals surface area contributed by atoms with Gasteiger partial charge in [0.1, 0.15) is 29.5 Å². The van der Waals surface area contributed by atoms with Crippen LogP contribution in [0.5, 0.6) is 0 Å². The Morgan fingerprint density at radius 1 is 0.947 bits per heavy atom. The van der Waals surface area contributed by atoms with Gasteiger partial charge in [-0.25, -0.2) is 4.79 Å². The summed E-state index contributed by atoms with van der Waals surface area (Å²) in [6, 6.07) is 4.78. The quantitative estimate of drug-likeness (QED) is 0.109. The number of cyclic esters (lactones) is 1. The molecule has 21 heteroatoms. The molecule has 18 atom stereocenters.